The smallest absolute Gasteiger partial charge is 0.338 e. The van der Waals surface area contributed by atoms with Crippen LogP contribution in [0.4, 0.5) is 0 Å². The number of carbonyl (C=O) groups is 1. The van der Waals surface area contributed by atoms with Crippen LogP contribution in [0.2, 0.25) is 0 Å². The van der Waals surface area contributed by atoms with Gasteiger partial charge in [-0.15, -0.1) is 0 Å². The summed E-state index contributed by atoms with van der Waals surface area (Å²) >= 11 is 4.69. The van der Waals surface area contributed by atoms with Crippen molar-refractivity contribution in [2.45, 2.75) is 0 Å². The number of carboxylic acids is 1. The minimum absolute atomic E-state index is 0.00370. The fourth-order valence-corrected chi connectivity index (χ4v) is 0.973. The van der Waals surface area contributed by atoms with Gasteiger partial charge in [-0.3, -0.25) is 0 Å². The van der Waals surface area contributed by atoms with Crippen molar-refractivity contribution in [2.75, 3.05) is 0 Å². The number of pyridine rings is 1. The molecule has 0 aromatic carbocycles. The predicted octanol–water partition coefficient (Wildman–Crippen LogP) is 1.31. The maximum Gasteiger partial charge on any atom is 0.338 e. The van der Waals surface area contributed by atoms with Crippen molar-refractivity contribution in [3.63, 3.8) is 0 Å². The van der Waals surface area contributed by atoms with E-state index >= 15 is 0 Å². The lowest BCUT2D eigenvalue weighted by molar-refractivity contribution is 0.0696. The molecule has 0 unspecified atom stereocenters. The first-order valence-corrected chi connectivity index (χ1v) is 3.42. The highest BCUT2D eigenvalue weighted by Crippen LogP contribution is 2.02. The molecule has 0 saturated heterocycles. The van der Waals surface area contributed by atoms with Crippen molar-refractivity contribution in [1.29, 1.82) is 5.26 Å². The van der Waals surface area contributed by atoms with E-state index < -0.39 is 5.97 Å². The Balaban J connectivity index is 3.33. The van der Waals surface area contributed by atoms with Crippen molar-refractivity contribution in [3.05, 3.63) is 28.0 Å². The highest BCUT2D eigenvalue weighted by atomic mass is 32.1. The molecule has 0 aliphatic carbocycles. The third-order valence-corrected chi connectivity index (χ3v) is 1.58. The molecule has 60 valence electrons. The molecule has 0 radical (unpaired) electrons. The topological polar surface area (TPSA) is 76.9 Å². The van der Waals surface area contributed by atoms with Crippen molar-refractivity contribution in [3.8, 4) is 6.07 Å². The van der Waals surface area contributed by atoms with Crippen LogP contribution in [0.3, 0.4) is 0 Å². The summed E-state index contributed by atoms with van der Waals surface area (Å²) in [6.45, 7) is 0. The van der Waals surface area contributed by atoms with Crippen LogP contribution in [0.15, 0.2) is 12.1 Å². The van der Waals surface area contributed by atoms with Gasteiger partial charge in [-0.2, -0.15) is 5.26 Å². The maximum atomic E-state index is 10.5. The second-order valence-electron chi connectivity index (χ2n) is 2.03. The second kappa shape index (κ2) is 3.15. The summed E-state index contributed by atoms with van der Waals surface area (Å²) < 4.78 is 0.0709. The summed E-state index contributed by atoms with van der Waals surface area (Å²) in [6.07, 6.45) is 0. The van der Waals surface area contributed by atoms with Crippen LogP contribution in [-0.4, -0.2) is 16.1 Å². The van der Waals surface area contributed by atoms with Crippen molar-refractivity contribution < 1.29 is 9.90 Å². The van der Waals surface area contributed by atoms with E-state index in [-0.39, 0.29) is 15.9 Å². The number of carboxylic acid groups (broad SMARTS) is 1. The van der Waals surface area contributed by atoms with Gasteiger partial charge < -0.3 is 10.1 Å². The third kappa shape index (κ3) is 1.49. The number of hydrogen-bond donors (Lipinski definition) is 2. The lowest BCUT2D eigenvalue weighted by Gasteiger charge is -1.94. The fourth-order valence-electron chi connectivity index (χ4n) is 0.707. The van der Waals surface area contributed by atoms with Gasteiger partial charge in [0, 0.05) is 0 Å². The van der Waals surface area contributed by atoms with E-state index in [0.29, 0.717) is 0 Å². The molecule has 0 amide bonds. The van der Waals surface area contributed by atoms with Crippen molar-refractivity contribution in [2.24, 2.45) is 0 Å². The van der Waals surface area contributed by atoms with Gasteiger partial charge in [-0.05, 0) is 12.1 Å². The lowest BCUT2D eigenvalue weighted by Crippen LogP contribution is -1.99. The number of nitrogens with zero attached hydrogens (tertiary/aromatic N) is 1. The van der Waals surface area contributed by atoms with Crippen LogP contribution in [-0.2, 0) is 0 Å². The summed E-state index contributed by atoms with van der Waals surface area (Å²) in [7, 11) is 0. The van der Waals surface area contributed by atoms with E-state index in [4.69, 9.17) is 22.6 Å². The fraction of sp³-hybridized carbons (Fsp3) is 0. The van der Waals surface area contributed by atoms with Gasteiger partial charge in [0.05, 0.1) is 5.56 Å². The van der Waals surface area contributed by atoms with Crippen molar-refractivity contribution >= 4 is 18.2 Å². The summed E-state index contributed by atoms with van der Waals surface area (Å²) in [5, 5.41) is 17.0. The molecule has 0 fully saturated rings. The Morgan fingerprint density at radius 1 is 1.67 bits per heavy atom. The summed E-state index contributed by atoms with van der Waals surface area (Å²) in [5.41, 5.74) is 0.258. The zero-order chi connectivity index (χ0) is 9.14. The number of H-pyrrole nitrogens is 1. The summed E-state index contributed by atoms with van der Waals surface area (Å²) in [4.78, 5) is 12.9. The van der Waals surface area contributed by atoms with Gasteiger partial charge in [0.1, 0.15) is 16.4 Å². The van der Waals surface area contributed by atoms with Gasteiger partial charge in [0.25, 0.3) is 0 Å². The Hall–Kier alpha value is -1.67. The van der Waals surface area contributed by atoms with E-state index in [1.165, 1.54) is 12.1 Å². The molecule has 1 rings (SSSR count). The van der Waals surface area contributed by atoms with Crippen LogP contribution in [0.5, 0.6) is 0 Å². The largest absolute Gasteiger partial charge is 0.478 e. The highest BCUT2D eigenvalue weighted by molar-refractivity contribution is 7.71. The minimum atomic E-state index is -1.10. The molecule has 12 heavy (non-hydrogen) atoms. The van der Waals surface area contributed by atoms with Gasteiger partial charge in [-0.1, -0.05) is 12.2 Å². The molecule has 4 nitrogen and oxygen atoms in total. The number of nitrogens with one attached hydrogen (secondary N) is 1. The zero-order valence-electron chi connectivity index (χ0n) is 5.87. The van der Waals surface area contributed by atoms with E-state index in [2.05, 4.69) is 4.98 Å². The molecule has 0 saturated carbocycles. The molecule has 0 spiro atoms. The maximum absolute atomic E-state index is 10.5. The van der Waals surface area contributed by atoms with E-state index in [0.717, 1.165) is 0 Å². The molecule has 0 aliphatic heterocycles. The Morgan fingerprint density at radius 2 is 2.33 bits per heavy atom. The molecule has 1 heterocycles. The number of aromatic amines is 1. The third-order valence-electron chi connectivity index (χ3n) is 1.26. The van der Waals surface area contributed by atoms with E-state index in [1.54, 1.807) is 0 Å². The minimum Gasteiger partial charge on any atom is -0.478 e. The van der Waals surface area contributed by atoms with Crippen molar-refractivity contribution in [1.82, 2.24) is 4.98 Å². The number of rotatable bonds is 1. The molecule has 1 aromatic heterocycles. The molecule has 0 bridgehead atoms. The SMILES string of the molecule is N#Cc1ccc(C(=O)O)c(=S)[nH]1. The van der Waals surface area contributed by atoms with Crippen LogP contribution in [0.25, 0.3) is 0 Å². The van der Waals surface area contributed by atoms with Crippen LogP contribution in [0, 0.1) is 16.0 Å². The number of aromatic nitrogens is 1. The summed E-state index contributed by atoms with van der Waals surface area (Å²) in [5.74, 6) is -1.10. The Morgan fingerprint density at radius 3 is 2.75 bits per heavy atom. The Bertz CT molecular complexity index is 416. The lowest BCUT2D eigenvalue weighted by atomic mass is 10.2. The monoisotopic (exact) mass is 180 g/mol. The standard InChI is InChI=1S/C7H4N2O2S/c8-3-4-1-2-5(7(10)11)6(12)9-4/h1-2H,(H,9,12)(H,10,11). The van der Waals surface area contributed by atoms with Gasteiger partial charge >= 0.3 is 5.97 Å². The predicted molar refractivity (Wildman–Crippen MR) is 43.3 cm³/mol. The molecule has 5 heteroatoms. The quantitative estimate of drug-likeness (QED) is 0.639. The molecular weight excluding hydrogens is 176 g/mol. The number of nitriles is 1. The second-order valence-corrected chi connectivity index (χ2v) is 2.44. The number of aromatic carboxylic acids is 1. The molecule has 0 aliphatic rings. The molecule has 0 atom stereocenters. The van der Waals surface area contributed by atoms with E-state index in [1.807, 2.05) is 6.07 Å². The number of hydrogen-bond acceptors (Lipinski definition) is 3. The first kappa shape index (κ1) is 8.43. The van der Waals surface area contributed by atoms with Gasteiger partial charge in [0.15, 0.2) is 0 Å². The van der Waals surface area contributed by atoms with E-state index in [9.17, 15) is 4.79 Å². The van der Waals surface area contributed by atoms with Crippen LogP contribution in [0.1, 0.15) is 16.1 Å². The highest BCUT2D eigenvalue weighted by Gasteiger charge is 2.04. The molecule has 2 N–H and O–H groups in total. The van der Waals surface area contributed by atoms with Gasteiger partial charge in [-0.25, -0.2) is 4.79 Å². The zero-order valence-corrected chi connectivity index (χ0v) is 6.68. The van der Waals surface area contributed by atoms with Gasteiger partial charge in [0.2, 0.25) is 0 Å². The first-order chi connectivity index (χ1) is 5.65. The molecule has 1 aromatic rings. The normalized spacial score (nSPS) is 8.92. The first-order valence-electron chi connectivity index (χ1n) is 3.02. The Kier molecular flexibility index (Phi) is 2.21. The average molecular weight is 180 g/mol. The summed E-state index contributed by atoms with van der Waals surface area (Å²) in [6, 6.07) is 4.50. The van der Waals surface area contributed by atoms with Crippen LogP contribution >= 0.6 is 12.2 Å². The Labute approximate surface area is 73.1 Å². The van der Waals surface area contributed by atoms with Crippen LogP contribution < -0.4 is 0 Å². The molecular formula is C7H4N2O2S. The average Bonchev–Trinajstić information content (AvgIpc) is 2.03.